The van der Waals surface area contributed by atoms with Gasteiger partial charge in [0.15, 0.2) is 5.82 Å². The van der Waals surface area contributed by atoms with Gasteiger partial charge in [-0.1, -0.05) is 38.8 Å². The highest BCUT2D eigenvalue weighted by molar-refractivity contribution is 5.01. The summed E-state index contributed by atoms with van der Waals surface area (Å²) in [4.78, 5) is 7.05. The Morgan fingerprint density at radius 2 is 1.95 bits per heavy atom. The molecule has 21 heavy (non-hydrogen) atoms. The fraction of sp³-hybridized carbons (Fsp3) is 0.875. The number of aromatic nitrogens is 2. The summed E-state index contributed by atoms with van der Waals surface area (Å²) < 4.78 is 5.56. The lowest BCUT2D eigenvalue weighted by atomic mass is 9.84. The van der Waals surface area contributed by atoms with Crippen LogP contribution in [-0.2, 0) is 6.42 Å². The van der Waals surface area contributed by atoms with Crippen molar-refractivity contribution in [2.45, 2.75) is 64.8 Å². The fourth-order valence-electron chi connectivity index (χ4n) is 3.25. The van der Waals surface area contributed by atoms with E-state index in [0.29, 0.717) is 12.0 Å². The van der Waals surface area contributed by atoms with Gasteiger partial charge in [-0.15, -0.1) is 0 Å². The van der Waals surface area contributed by atoms with Crippen molar-refractivity contribution in [3.63, 3.8) is 0 Å². The summed E-state index contributed by atoms with van der Waals surface area (Å²) in [6, 6.07) is 0.500. The van der Waals surface area contributed by atoms with Gasteiger partial charge in [0.2, 0.25) is 5.89 Å². The maximum atomic E-state index is 5.56. The zero-order valence-corrected chi connectivity index (χ0v) is 13.8. The van der Waals surface area contributed by atoms with Gasteiger partial charge in [-0.25, -0.2) is 0 Å². The van der Waals surface area contributed by atoms with Crippen LogP contribution in [0, 0.1) is 0 Å². The van der Waals surface area contributed by atoms with Crippen LogP contribution in [-0.4, -0.2) is 47.3 Å². The van der Waals surface area contributed by atoms with Crippen LogP contribution in [0.15, 0.2) is 4.52 Å². The van der Waals surface area contributed by atoms with E-state index in [1.807, 2.05) is 0 Å². The molecule has 0 radical (unpaired) electrons. The highest BCUT2D eigenvalue weighted by Crippen LogP contribution is 2.32. The van der Waals surface area contributed by atoms with Crippen LogP contribution < -0.4 is 5.32 Å². The molecule has 1 heterocycles. The summed E-state index contributed by atoms with van der Waals surface area (Å²) in [6.45, 7) is 10.7. The molecule has 120 valence electrons. The third kappa shape index (κ3) is 4.51. The van der Waals surface area contributed by atoms with Gasteiger partial charge in [0.25, 0.3) is 0 Å². The largest absolute Gasteiger partial charge is 0.339 e. The summed E-state index contributed by atoms with van der Waals surface area (Å²) in [5, 5.41) is 7.76. The minimum absolute atomic E-state index is 0.397. The molecule has 2 atom stereocenters. The Morgan fingerprint density at radius 3 is 2.67 bits per heavy atom. The molecule has 1 fully saturated rings. The third-order valence-corrected chi connectivity index (χ3v) is 4.58. The van der Waals surface area contributed by atoms with E-state index in [0.717, 1.165) is 50.7 Å². The minimum Gasteiger partial charge on any atom is -0.339 e. The van der Waals surface area contributed by atoms with Crippen molar-refractivity contribution in [1.29, 1.82) is 0 Å². The first-order valence-electron chi connectivity index (χ1n) is 8.56. The normalized spacial score (nSPS) is 22.9. The SMILES string of the molecule is CCNC1CCCCC1c1nc(CCN(CC)CC)no1. The molecule has 1 aliphatic rings. The Labute approximate surface area is 128 Å². The van der Waals surface area contributed by atoms with Crippen LogP contribution in [0.2, 0.25) is 0 Å². The summed E-state index contributed by atoms with van der Waals surface area (Å²) in [5.41, 5.74) is 0. The monoisotopic (exact) mass is 294 g/mol. The van der Waals surface area contributed by atoms with Crippen molar-refractivity contribution in [2.24, 2.45) is 0 Å². The van der Waals surface area contributed by atoms with Gasteiger partial charge in [0.05, 0.1) is 5.92 Å². The molecule has 2 unspecified atom stereocenters. The second-order valence-corrected chi connectivity index (χ2v) is 5.88. The standard InChI is InChI=1S/C16H30N4O/c1-4-17-14-10-8-7-9-13(14)16-18-15(19-21-16)11-12-20(5-2)6-3/h13-14,17H,4-12H2,1-3H3. The molecule has 5 heteroatoms. The summed E-state index contributed by atoms with van der Waals surface area (Å²) >= 11 is 0. The maximum Gasteiger partial charge on any atom is 0.231 e. The van der Waals surface area contributed by atoms with Gasteiger partial charge in [0, 0.05) is 19.0 Å². The van der Waals surface area contributed by atoms with Crippen LogP contribution in [0.1, 0.15) is 64.1 Å². The Kier molecular flexibility index (Phi) is 6.64. The van der Waals surface area contributed by atoms with Gasteiger partial charge in [-0.05, 0) is 32.5 Å². The Hall–Kier alpha value is -0.940. The van der Waals surface area contributed by atoms with Crippen molar-refractivity contribution in [3.8, 4) is 0 Å². The molecule has 0 amide bonds. The van der Waals surface area contributed by atoms with Gasteiger partial charge in [-0.2, -0.15) is 4.98 Å². The third-order valence-electron chi connectivity index (χ3n) is 4.58. The van der Waals surface area contributed by atoms with Crippen molar-refractivity contribution in [2.75, 3.05) is 26.2 Å². The maximum absolute atomic E-state index is 5.56. The molecule has 1 aromatic rings. The van der Waals surface area contributed by atoms with Crippen molar-refractivity contribution < 1.29 is 4.52 Å². The summed E-state index contributed by atoms with van der Waals surface area (Å²) in [7, 11) is 0. The average Bonchev–Trinajstić information content (AvgIpc) is 2.98. The van der Waals surface area contributed by atoms with E-state index in [9.17, 15) is 0 Å². The van der Waals surface area contributed by atoms with E-state index in [1.54, 1.807) is 0 Å². The Morgan fingerprint density at radius 1 is 1.19 bits per heavy atom. The summed E-state index contributed by atoms with van der Waals surface area (Å²) in [6.07, 6.45) is 5.83. The number of likely N-dealkylation sites (N-methyl/N-ethyl adjacent to an activating group) is 2. The predicted molar refractivity (Wildman–Crippen MR) is 84.5 cm³/mol. The first-order chi connectivity index (χ1) is 10.3. The van der Waals surface area contributed by atoms with Crippen LogP contribution in [0.4, 0.5) is 0 Å². The van der Waals surface area contributed by atoms with Gasteiger partial charge in [0.1, 0.15) is 0 Å². The predicted octanol–water partition coefficient (Wildman–Crippen LogP) is 2.59. The quantitative estimate of drug-likeness (QED) is 0.798. The lowest BCUT2D eigenvalue weighted by Crippen LogP contribution is -2.37. The number of hydrogen-bond acceptors (Lipinski definition) is 5. The molecule has 0 aromatic carbocycles. The molecule has 0 aliphatic heterocycles. The molecule has 0 saturated heterocycles. The topological polar surface area (TPSA) is 54.2 Å². The number of rotatable bonds is 8. The van der Waals surface area contributed by atoms with E-state index in [-0.39, 0.29) is 0 Å². The molecule has 0 bridgehead atoms. The number of nitrogens with zero attached hydrogens (tertiary/aromatic N) is 3. The molecule has 1 saturated carbocycles. The molecule has 2 rings (SSSR count). The smallest absolute Gasteiger partial charge is 0.231 e. The van der Waals surface area contributed by atoms with Crippen molar-refractivity contribution >= 4 is 0 Å². The lowest BCUT2D eigenvalue weighted by Gasteiger charge is -2.29. The molecular formula is C16H30N4O. The molecule has 1 aromatic heterocycles. The van der Waals surface area contributed by atoms with Gasteiger partial charge >= 0.3 is 0 Å². The number of nitrogens with one attached hydrogen (secondary N) is 1. The Balaban J connectivity index is 1.94. The van der Waals surface area contributed by atoms with Crippen molar-refractivity contribution in [1.82, 2.24) is 20.4 Å². The van der Waals surface area contributed by atoms with E-state index in [1.165, 1.54) is 19.3 Å². The fourth-order valence-corrected chi connectivity index (χ4v) is 3.25. The van der Waals surface area contributed by atoms with E-state index in [4.69, 9.17) is 4.52 Å². The first-order valence-corrected chi connectivity index (χ1v) is 8.56. The molecule has 1 N–H and O–H groups in total. The van der Waals surface area contributed by atoms with Crippen LogP contribution in [0.3, 0.4) is 0 Å². The zero-order chi connectivity index (χ0) is 15.1. The summed E-state index contributed by atoms with van der Waals surface area (Å²) in [5.74, 6) is 2.10. The first kappa shape index (κ1) is 16.4. The van der Waals surface area contributed by atoms with Crippen molar-refractivity contribution in [3.05, 3.63) is 11.7 Å². The van der Waals surface area contributed by atoms with Crippen LogP contribution in [0.5, 0.6) is 0 Å². The molecule has 5 nitrogen and oxygen atoms in total. The second kappa shape index (κ2) is 8.49. The van der Waals surface area contributed by atoms with E-state index < -0.39 is 0 Å². The molecule has 0 spiro atoms. The minimum atomic E-state index is 0.397. The van der Waals surface area contributed by atoms with E-state index >= 15 is 0 Å². The van der Waals surface area contributed by atoms with Crippen LogP contribution >= 0.6 is 0 Å². The highest BCUT2D eigenvalue weighted by Gasteiger charge is 2.30. The Bertz CT molecular complexity index is 401. The lowest BCUT2D eigenvalue weighted by molar-refractivity contribution is 0.263. The van der Waals surface area contributed by atoms with Crippen LogP contribution in [0.25, 0.3) is 0 Å². The zero-order valence-electron chi connectivity index (χ0n) is 13.8. The van der Waals surface area contributed by atoms with E-state index in [2.05, 4.69) is 41.1 Å². The second-order valence-electron chi connectivity index (χ2n) is 5.88. The molecular weight excluding hydrogens is 264 g/mol. The van der Waals surface area contributed by atoms with Gasteiger partial charge < -0.3 is 14.7 Å². The highest BCUT2D eigenvalue weighted by atomic mass is 16.5. The average molecular weight is 294 g/mol. The molecule has 1 aliphatic carbocycles. The number of hydrogen-bond donors (Lipinski definition) is 1. The van der Waals surface area contributed by atoms with Gasteiger partial charge in [-0.3, -0.25) is 0 Å².